The molecule has 0 N–H and O–H groups in total. The number of nitrogens with zero attached hydrogens (tertiary/aromatic N) is 4. The molecule has 1 saturated heterocycles. The van der Waals surface area contributed by atoms with Gasteiger partial charge in [0.25, 0.3) is 0 Å². The Morgan fingerprint density at radius 2 is 1.15 bits per heavy atom. The van der Waals surface area contributed by atoms with E-state index in [2.05, 4.69) is 38.6 Å². The molecule has 0 unspecified atom stereocenters. The van der Waals surface area contributed by atoms with Crippen molar-refractivity contribution in [2.24, 2.45) is 0 Å². The molecule has 9 heteroatoms. The summed E-state index contributed by atoms with van der Waals surface area (Å²) in [6, 6.07) is 13.1. The van der Waals surface area contributed by atoms with Crippen LogP contribution in [0.4, 0.5) is 20.2 Å². The van der Waals surface area contributed by atoms with Gasteiger partial charge in [-0.25, -0.2) is 0 Å². The molecule has 0 amide bonds. The van der Waals surface area contributed by atoms with Crippen molar-refractivity contribution in [2.45, 2.75) is 0 Å². The molecule has 3 rings (SSSR count). The molecule has 4 nitrogen and oxygen atoms in total. The molecular formula is C17H20B2F2N4Pt. The predicted octanol–water partition coefficient (Wildman–Crippen LogP) is 2.10. The normalized spacial score (nSPS) is 15.1. The van der Waals surface area contributed by atoms with Crippen molar-refractivity contribution < 1.29 is 28.1 Å². The van der Waals surface area contributed by atoms with Gasteiger partial charge in [0, 0.05) is 0 Å². The maximum atomic E-state index is 13.9. The van der Waals surface area contributed by atoms with Crippen molar-refractivity contribution in [2.75, 3.05) is 37.8 Å². The van der Waals surface area contributed by atoms with Crippen LogP contribution < -0.4 is 9.62 Å². The van der Waals surface area contributed by atoms with Crippen LogP contribution in [0.15, 0.2) is 48.5 Å². The van der Waals surface area contributed by atoms with Crippen LogP contribution >= 0.6 is 0 Å². The van der Waals surface area contributed by atoms with E-state index in [1.807, 2.05) is 40.3 Å². The molecule has 138 valence electrons. The van der Waals surface area contributed by atoms with Crippen molar-refractivity contribution >= 4 is 29.3 Å². The molecule has 0 aromatic heterocycles. The second kappa shape index (κ2) is 7.63. The molecule has 0 atom stereocenters. The van der Waals surface area contributed by atoms with Gasteiger partial charge in [-0.15, -0.1) is 0 Å². The molecule has 2 aromatic carbocycles. The Labute approximate surface area is 165 Å². The zero-order chi connectivity index (χ0) is 19.0. The van der Waals surface area contributed by atoms with E-state index in [1.54, 1.807) is 12.1 Å². The average molecular weight is 535 g/mol. The number of halogens is 2. The van der Waals surface area contributed by atoms with Gasteiger partial charge in [0.15, 0.2) is 0 Å². The topological polar surface area (TPSA) is 13.0 Å². The quantitative estimate of drug-likeness (QED) is 0.557. The van der Waals surface area contributed by atoms with Gasteiger partial charge in [-0.2, -0.15) is 0 Å². The summed E-state index contributed by atoms with van der Waals surface area (Å²) >= 11 is 2.23. The van der Waals surface area contributed by atoms with E-state index in [4.69, 9.17) is 0 Å². The minimum absolute atomic E-state index is 0.0810. The Hall–Kier alpha value is -1.49. The number of hydrogen-bond acceptors (Lipinski definition) is 4. The van der Waals surface area contributed by atoms with Gasteiger partial charge in [-0.1, -0.05) is 0 Å². The first-order chi connectivity index (χ1) is 12.3. The van der Waals surface area contributed by atoms with E-state index in [-0.39, 0.29) is 25.4 Å². The molecule has 1 aliphatic heterocycles. The van der Waals surface area contributed by atoms with Crippen LogP contribution in [-0.4, -0.2) is 55.7 Å². The SMILES string of the molecule is CN(C)B1B(N(C)C)N(c2cccc(F)c2)[C](=[Pt])N1c1cccc(F)c1. The molecule has 0 spiro atoms. The Balaban J connectivity index is 2.14. The van der Waals surface area contributed by atoms with Crippen LogP contribution in [0.1, 0.15) is 0 Å². The zero-order valence-corrected chi connectivity index (χ0v) is 17.4. The first-order valence-corrected chi connectivity index (χ1v) is 9.36. The monoisotopic (exact) mass is 535 g/mol. The first kappa shape index (κ1) is 19.3. The third-order valence-electron chi connectivity index (χ3n) is 4.39. The number of benzene rings is 2. The maximum absolute atomic E-state index is 13.9. The van der Waals surface area contributed by atoms with Crippen molar-refractivity contribution in [3.8, 4) is 0 Å². The van der Waals surface area contributed by atoms with Gasteiger partial charge in [0.1, 0.15) is 0 Å². The zero-order valence-electron chi connectivity index (χ0n) is 15.1. The number of hydrogen-bond donors (Lipinski definition) is 0. The summed E-state index contributed by atoms with van der Waals surface area (Å²) in [7, 11) is 7.97. The molecule has 1 aliphatic rings. The van der Waals surface area contributed by atoms with Crippen LogP contribution in [-0.2, 0) is 19.4 Å². The predicted molar refractivity (Wildman–Crippen MR) is 102 cm³/mol. The molecular weight excluding hydrogens is 515 g/mol. The van der Waals surface area contributed by atoms with E-state index in [0.717, 1.165) is 15.5 Å². The summed E-state index contributed by atoms with van der Waals surface area (Å²) in [5.41, 5.74) is 1.53. The number of anilines is 2. The molecule has 0 bridgehead atoms. The van der Waals surface area contributed by atoms with Crippen LogP contribution in [0.3, 0.4) is 0 Å². The molecule has 0 aliphatic carbocycles. The van der Waals surface area contributed by atoms with Gasteiger partial charge in [0.05, 0.1) is 0 Å². The third kappa shape index (κ3) is 3.50. The van der Waals surface area contributed by atoms with E-state index in [0.29, 0.717) is 0 Å². The van der Waals surface area contributed by atoms with E-state index < -0.39 is 0 Å². The summed E-state index contributed by atoms with van der Waals surface area (Å²) in [6.07, 6.45) is 0. The number of rotatable bonds is 4. The third-order valence-corrected chi connectivity index (χ3v) is 5.49. The average Bonchev–Trinajstić information content (AvgIpc) is 2.88. The summed E-state index contributed by atoms with van der Waals surface area (Å²) in [4.78, 5) is 8.35. The molecule has 1 heterocycles. The molecule has 0 saturated carbocycles. The van der Waals surface area contributed by atoms with Crippen molar-refractivity contribution in [3.63, 3.8) is 0 Å². The fraction of sp³-hybridized carbons (Fsp3) is 0.235. The minimum atomic E-state index is -0.282. The fourth-order valence-electron chi connectivity index (χ4n) is 3.33. The van der Waals surface area contributed by atoms with Gasteiger partial charge in [-0.3, -0.25) is 0 Å². The Morgan fingerprint density at radius 1 is 0.769 bits per heavy atom. The van der Waals surface area contributed by atoms with E-state index in [9.17, 15) is 8.78 Å². The second-order valence-corrected chi connectivity index (χ2v) is 7.71. The van der Waals surface area contributed by atoms with Crippen molar-refractivity contribution in [3.05, 3.63) is 60.2 Å². The fourth-order valence-corrected chi connectivity index (χ4v) is 4.52. The Bertz CT molecular complexity index is 755. The van der Waals surface area contributed by atoms with Crippen LogP contribution in [0.5, 0.6) is 0 Å². The van der Waals surface area contributed by atoms with Gasteiger partial charge in [0.2, 0.25) is 0 Å². The summed E-state index contributed by atoms with van der Waals surface area (Å²) < 4.78 is 28.6. The first-order valence-electron chi connectivity index (χ1n) is 8.23. The van der Waals surface area contributed by atoms with E-state index >= 15 is 0 Å². The van der Waals surface area contributed by atoms with Gasteiger partial charge < -0.3 is 0 Å². The van der Waals surface area contributed by atoms with Gasteiger partial charge in [-0.05, 0) is 0 Å². The van der Waals surface area contributed by atoms with Crippen LogP contribution in [0, 0.1) is 11.6 Å². The van der Waals surface area contributed by atoms with Crippen molar-refractivity contribution in [1.82, 2.24) is 9.62 Å². The van der Waals surface area contributed by atoms with Gasteiger partial charge >= 0.3 is 165 Å². The summed E-state index contributed by atoms with van der Waals surface area (Å²) in [5.74, 6) is -0.565. The van der Waals surface area contributed by atoms with Crippen LogP contribution in [0.2, 0.25) is 0 Å². The standard InChI is InChI=1S/C17H20B2F2N4.Pt/c1-22(2)18-19(23(3)4)25(17-10-6-8-15(21)12-17)13-24(18)16-9-5-7-14(20)11-16;/h5-12H,1-4H3;. The summed E-state index contributed by atoms with van der Waals surface area (Å²) in [6.45, 7) is -0.162. The Morgan fingerprint density at radius 3 is 1.46 bits per heavy atom. The molecule has 0 radical (unpaired) electrons. The van der Waals surface area contributed by atoms with Crippen LogP contribution in [0.25, 0.3) is 0 Å². The molecule has 26 heavy (non-hydrogen) atoms. The Kier molecular flexibility index (Phi) is 5.66. The molecule has 1 fully saturated rings. The second-order valence-electron chi connectivity index (χ2n) is 6.70. The van der Waals surface area contributed by atoms with Crippen molar-refractivity contribution in [1.29, 1.82) is 0 Å². The van der Waals surface area contributed by atoms with E-state index in [1.165, 1.54) is 24.3 Å². The molecule has 2 aromatic rings. The summed E-state index contributed by atoms with van der Waals surface area (Å²) in [5, 5.41) is 0.